The third kappa shape index (κ3) is 1.55. The van der Waals surface area contributed by atoms with E-state index in [4.69, 9.17) is 0 Å². The fourth-order valence-electron chi connectivity index (χ4n) is 1.59. The third-order valence-corrected chi connectivity index (χ3v) is 2.33. The summed E-state index contributed by atoms with van der Waals surface area (Å²) in [6, 6.07) is 10.4. The Balaban J connectivity index is 2.49. The van der Waals surface area contributed by atoms with E-state index in [1.165, 1.54) is 11.3 Å². The Morgan fingerprint density at radius 2 is 2.14 bits per heavy atom. The summed E-state index contributed by atoms with van der Waals surface area (Å²) in [5.74, 6) is 0. The molecule has 0 aliphatic heterocycles. The molecular formula is C12H14N2. The van der Waals surface area contributed by atoms with Crippen LogP contribution in [0.1, 0.15) is 18.2 Å². The van der Waals surface area contributed by atoms with Gasteiger partial charge < -0.3 is 0 Å². The maximum atomic E-state index is 4.32. The van der Waals surface area contributed by atoms with Crippen LogP contribution in [0, 0.1) is 6.92 Å². The monoisotopic (exact) mass is 186 g/mol. The highest BCUT2D eigenvalue weighted by Gasteiger charge is 2.01. The van der Waals surface area contributed by atoms with Gasteiger partial charge in [-0.05, 0) is 37.1 Å². The molecule has 2 aromatic rings. The second kappa shape index (κ2) is 3.66. The van der Waals surface area contributed by atoms with Gasteiger partial charge in [-0.2, -0.15) is 5.10 Å². The van der Waals surface area contributed by atoms with Crippen molar-refractivity contribution in [2.45, 2.75) is 20.3 Å². The van der Waals surface area contributed by atoms with Crippen molar-refractivity contribution < 1.29 is 0 Å². The van der Waals surface area contributed by atoms with Crippen LogP contribution in [-0.2, 0) is 6.42 Å². The quantitative estimate of drug-likeness (QED) is 0.705. The topological polar surface area (TPSA) is 17.8 Å². The van der Waals surface area contributed by atoms with Crippen LogP contribution in [0.2, 0.25) is 0 Å². The second-order valence-corrected chi connectivity index (χ2v) is 3.43. The van der Waals surface area contributed by atoms with Gasteiger partial charge in [0.05, 0.1) is 5.69 Å². The van der Waals surface area contributed by atoms with Gasteiger partial charge in [0.2, 0.25) is 0 Å². The molecule has 0 saturated carbocycles. The molecule has 0 spiro atoms. The summed E-state index contributed by atoms with van der Waals surface area (Å²) in [7, 11) is 0. The molecule has 0 unspecified atom stereocenters. The molecule has 0 aliphatic rings. The van der Waals surface area contributed by atoms with Gasteiger partial charge in [-0.25, -0.2) is 4.68 Å². The van der Waals surface area contributed by atoms with Crippen LogP contribution >= 0.6 is 0 Å². The highest BCUT2D eigenvalue weighted by Crippen LogP contribution is 2.12. The minimum Gasteiger partial charge on any atom is -0.238 e. The van der Waals surface area contributed by atoms with Crippen molar-refractivity contribution in [1.29, 1.82) is 0 Å². The molecule has 2 nitrogen and oxygen atoms in total. The lowest BCUT2D eigenvalue weighted by Gasteiger charge is -2.06. The SMILES string of the molecule is CCc1ccnn1-c1cccc(C)c1. The lowest BCUT2D eigenvalue weighted by molar-refractivity contribution is 0.813. The van der Waals surface area contributed by atoms with Crippen molar-refractivity contribution >= 4 is 0 Å². The second-order valence-electron chi connectivity index (χ2n) is 3.43. The normalized spacial score (nSPS) is 10.4. The van der Waals surface area contributed by atoms with E-state index in [0.717, 1.165) is 12.1 Å². The van der Waals surface area contributed by atoms with E-state index in [9.17, 15) is 0 Å². The summed E-state index contributed by atoms with van der Waals surface area (Å²) in [6.07, 6.45) is 2.86. The van der Waals surface area contributed by atoms with E-state index in [0.29, 0.717) is 0 Å². The molecule has 72 valence electrons. The van der Waals surface area contributed by atoms with Gasteiger partial charge in [0, 0.05) is 11.9 Å². The van der Waals surface area contributed by atoms with Gasteiger partial charge in [-0.1, -0.05) is 19.1 Å². The molecule has 1 heterocycles. The summed E-state index contributed by atoms with van der Waals surface area (Å²) < 4.78 is 1.99. The van der Waals surface area contributed by atoms with Gasteiger partial charge in [-0.3, -0.25) is 0 Å². The number of hydrogen-bond acceptors (Lipinski definition) is 1. The minimum atomic E-state index is 1.01. The Kier molecular flexibility index (Phi) is 2.35. The summed E-state index contributed by atoms with van der Waals surface area (Å²) in [5.41, 5.74) is 3.66. The van der Waals surface area contributed by atoms with Gasteiger partial charge >= 0.3 is 0 Å². The van der Waals surface area contributed by atoms with Crippen LogP contribution in [0.15, 0.2) is 36.5 Å². The lowest BCUT2D eigenvalue weighted by Crippen LogP contribution is -2.00. The van der Waals surface area contributed by atoms with Crippen LogP contribution in [0.25, 0.3) is 5.69 Å². The van der Waals surface area contributed by atoms with Crippen LogP contribution in [-0.4, -0.2) is 9.78 Å². The van der Waals surface area contributed by atoms with Crippen LogP contribution in [0.4, 0.5) is 0 Å². The Labute approximate surface area is 84.2 Å². The van der Waals surface area contributed by atoms with Crippen molar-refractivity contribution in [1.82, 2.24) is 9.78 Å². The first kappa shape index (κ1) is 9.00. The lowest BCUT2D eigenvalue weighted by atomic mass is 10.2. The third-order valence-electron chi connectivity index (χ3n) is 2.33. The Morgan fingerprint density at radius 3 is 2.86 bits per heavy atom. The molecule has 1 aromatic heterocycles. The zero-order valence-corrected chi connectivity index (χ0v) is 8.57. The first-order valence-corrected chi connectivity index (χ1v) is 4.91. The largest absolute Gasteiger partial charge is 0.238 e. The molecular weight excluding hydrogens is 172 g/mol. The molecule has 0 bridgehead atoms. The molecule has 0 aliphatic carbocycles. The minimum absolute atomic E-state index is 1.01. The highest BCUT2D eigenvalue weighted by atomic mass is 15.3. The standard InChI is InChI=1S/C12H14N2/c1-3-11-7-8-13-14(11)12-6-4-5-10(2)9-12/h4-9H,3H2,1-2H3. The summed E-state index contributed by atoms with van der Waals surface area (Å²) in [6.45, 7) is 4.24. The molecule has 2 rings (SSSR count). The fraction of sp³-hybridized carbons (Fsp3) is 0.250. The van der Waals surface area contributed by atoms with Crippen molar-refractivity contribution in [2.24, 2.45) is 0 Å². The van der Waals surface area contributed by atoms with E-state index < -0.39 is 0 Å². The van der Waals surface area contributed by atoms with E-state index in [2.05, 4.69) is 49.3 Å². The highest BCUT2D eigenvalue weighted by molar-refractivity contribution is 5.36. The van der Waals surface area contributed by atoms with Crippen molar-refractivity contribution in [3.8, 4) is 5.69 Å². The number of aromatic nitrogens is 2. The fourth-order valence-corrected chi connectivity index (χ4v) is 1.59. The molecule has 2 heteroatoms. The van der Waals surface area contributed by atoms with Crippen molar-refractivity contribution in [2.75, 3.05) is 0 Å². The van der Waals surface area contributed by atoms with Gasteiger partial charge in [-0.15, -0.1) is 0 Å². The summed E-state index contributed by atoms with van der Waals surface area (Å²) >= 11 is 0. The molecule has 0 N–H and O–H groups in total. The maximum absolute atomic E-state index is 4.32. The number of rotatable bonds is 2. The van der Waals surface area contributed by atoms with Crippen LogP contribution in [0.3, 0.4) is 0 Å². The average Bonchev–Trinajstić information content (AvgIpc) is 2.65. The molecule has 14 heavy (non-hydrogen) atoms. The molecule has 1 aromatic carbocycles. The van der Waals surface area contributed by atoms with E-state index >= 15 is 0 Å². The zero-order valence-electron chi connectivity index (χ0n) is 8.57. The van der Waals surface area contributed by atoms with E-state index in [-0.39, 0.29) is 0 Å². The smallest absolute Gasteiger partial charge is 0.0651 e. The summed E-state index contributed by atoms with van der Waals surface area (Å²) in [4.78, 5) is 0. The van der Waals surface area contributed by atoms with Gasteiger partial charge in [0.25, 0.3) is 0 Å². The molecule has 0 amide bonds. The van der Waals surface area contributed by atoms with Crippen LogP contribution < -0.4 is 0 Å². The zero-order chi connectivity index (χ0) is 9.97. The predicted octanol–water partition coefficient (Wildman–Crippen LogP) is 2.74. The van der Waals surface area contributed by atoms with Crippen molar-refractivity contribution in [3.05, 3.63) is 47.8 Å². The maximum Gasteiger partial charge on any atom is 0.0651 e. The Morgan fingerprint density at radius 1 is 1.29 bits per heavy atom. The molecule has 0 fully saturated rings. The molecule has 0 atom stereocenters. The first-order valence-electron chi connectivity index (χ1n) is 4.91. The molecule has 0 saturated heterocycles. The van der Waals surface area contributed by atoms with Crippen molar-refractivity contribution in [3.63, 3.8) is 0 Å². The van der Waals surface area contributed by atoms with Crippen LogP contribution in [0.5, 0.6) is 0 Å². The number of nitrogens with zero attached hydrogens (tertiary/aromatic N) is 2. The van der Waals surface area contributed by atoms with Gasteiger partial charge in [0.1, 0.15) is 0 Å². The predicted molar refractivity (Wildman–Crippen MR) is 57.7 cm³/mol. The number of aryl methyl sites for hydroxylation is 2. The first-order chi connectivity index (χ1) is 6.81. The van der Waals surface area contributed by atoms with E-state index in [1.54, 1.807) is 0 Å². The van der Waals surface area contributed by atoms with Gasteiger partial charge in [0.15, 0.2) is 0 Å². The summed E-state index contributed by atoms with van der Waals surface area (Å²) in [5, 5.41) is 4.32. The molecule has 0 radical (unpaired) electrons. The number of benzene rings is 1. The Bertz CT molecular complexity index is 429. The number of hydrogen-bond donors (Lipinski definition) is 0. The average molecular weight is 186 g/mol. The Hall–Kier alpha value is -1.57. The van der Waals surface area contributed by atoms with E-state index in [1.807, 2.05) is 10.9 Å².